The fourth-order valence-corrected chi connectivity index (χ4v) is 3.76. The average Bonchev–Trinajstić information content (AvgIpc) is 3.41. The summed E-state index contributed by atoms with van der Waals surface area (Å²) in [6.07, 6.45) is 5.63. The molecule has 4 nitrogen and oxygen atoms in total. The maximum Gasteiger partial charge on any atom is 0.0734 e. The summed E-state index contributed by atoms with van der Waals surface area (Å²) in [4.78, 5) is 0. The SMILES string of the molecule is CC(C)c1ccc2c(c1)c(C1CC1)nn2C.CCc1ccc2c(cnn2C)c1. The molecule has 5 rings (SSSR count). The summed E-state index contributed by atoms with van der Waals surface area (Å²) in [5.41, 5.74) is 6.58. The molecule has 0 unspecified atom stereocenters. The van der Waals surface area contributed by atoms with Gasteiger partial charge in [0.05, 0.1) is 22.9 Å². The molecular formula is C24H30N4. The maximum atomic E-state index is 4.67. The summed E-state index contributed by atoms with van der Waals surface area (Å²) in [7, 11) is 4.01. The first-order chi connectivity index (χ1) is 13.5. The van der Waals surface area contributed by atoms with Crippen LogP contribution in [0.1, 0.15) is 62.3 Å². The van der Waals surface area contributed by atoms with Gasteiger partial charge in [-0.15, -0.1) is 0 Å². The van der Waals surface area contributed by atoms with Crippen molar-refractivity contribution < 1.29 is 0 Å². The molecule has 1 aliphatic carbocycles. The molecule has 2 heterocycles. The molecule has 146 valence electrons. The van der Waals surface area contributed by atoms with Crippen LogP contribution in [0.4, 0.5) is 0 Å². The van der Waals surface area contributed by atoms with Crippen molar-refractivity contribution in [3.8, 4) is 0 Å². The Labute approximate surface area is 167 Å². The van der Waals surface area contributed by atoms with Crippen molar-refractivity contribution in [1.29, 1.82) is 0 Å². The molecule has 0 amide bonds. The number of hydrogen-bond acceptors (Lipinski definition) is 2. The van der Waals surface area contributed by atoms with E-state index < -0.39 is 0 Å². The minimum atomic E-state index is 0.594. The highest BCUT2D eigenvalue weighted by atomic mass is 15.3. The average molecular weight is 375 g/mol. The van der Waals surface area contributed by atoms with Gasteiger partial charge < -0.3 is 0 Å². The quantitative estimate of drug-likeness (QED) is 0.460. The molecule has 0 N–H and O–H groups in total. The molecule has 1 saturated carbocycles. The molecule has 1 aliphatic rings. The Morgan fingerprint density at radius 1 is 1.00 bits per heavy atom. The van der Waals surface area contributed by atoms with Crippen LogP contribution in [0.5, 0.6) is 0 Å². The van der Waals surface area contributed by atoms with Gasteiger partial charge in [-0.25, -0.2) is 0 Å². The van der Waals surface area contributed by atoms with E-state index in [1.165, 1.54) is 51.5 Å². The Morgan fingerprint density at radius 3 is 2.43 bits per heavy atom. The van der Waals surface area contributed by atoms with Gasteiger partial charge in [0, 0.05) is 30.8 Å². The van der Waals surface area contributed by atoms with Crippen LogP contribution in [0.3, 0.4) is 0 Å². The number of benzene rings is 2. The lowest BCUT2D eigenvalue weighted by molar-refractivity contribution is 0.767. The largest absolute Gasteiger partial charge is 0.268 e. The molecule has 0 aliphatic heterocycles. The van der Waals surface area contributed by atoms with Gasteiger partial charge in [0.1, 0.15) is 0 Å². The second-order valence-electron chi connectivity index (χ2n) is 8.23. The van der Waals surface area contributed by atoms with Crippen molar-refractivity contribution in [2.45, 2.75) is 51.9 Å². The highest BCUT2D eigenvalue weighted by Crippen LogP contribution is 2.42. The number of fused-ring (bicyclic) bond motifs is 2. The molecule has 0 atom stereocenters. The van der Waals surface area contributed by atoms with E-state index in [0.29, 0.717) is 5.92 Å². The van der Waals surface area contributed by atoms with Crippen LogP contribution >= 0.6 is 0 Å². The van der Waals surface area contributed by atoms with E-state index in [0.717, 1.165) is 12.3 Å². The van der Waals surface area contributed by atoms with Gasteiger partial charge in [-0.3, -0.25) is 9.36 Å². The third-order valence-corrected chi connectivity index (χ3v) is 5.75. The van der Waals surface area contributed by atoms with E-state index >= 15 is 0 Å². The zero-order valence-electron chi connectivity index (χ0n) is 17.6. The van der Waals surface area contributed by atoms with Crippen LogP contribution in [-0.2, 0) is 20.5 Å². The molecule has 4 aromatic rings. The van der Waals surface area contributed by atoms with E-state index in [2.05, 4.69) is 67.4 Å². The predicted octanol–water partition coefficient (Wildman–Crippen LogP) is 5.71. The van der Waals surface area contributed by atoms with Crippen LogP contribution in [0.2, 0.25) is 0 Å². The molecule has 4 heteroatoms. The first kappa shape index (κ1) is 18.7. The van der Waals surface area contributed by atoms with Crippen molar-refractivity contribution in [1.82, 2.24) is 19.6 Å². The lowest BCUT2D eigenvalue weighted by Gasteiger charge is -2.05. The van der Waals surface area contributed by atoms with Crippen LogP contribution in [0.15, 0.2) is 42.6 Å². The minimum Gasteiger partial charge on any atom is -0.268 e. The Hall–Kier alpha value is -2.62. The van der Waals surface area contributed by atoms with Gasteiger partial charge in [0.2, 0.25) is 0 Å². The summed E-state index contributed by atoms with van der Waals surface area (Å²) in [5.74, 6) is 1.32. The second kappa shape index (κ2) is 7.42. The summed E-state index contributed by atoms with van der Waals surface area (Å²) in [6, 6.07) is 13.3. The Bertz CT molecular complexity index is 1110. The van der Waals surface area contributed by atoms with Crippen LogP contribution in [-0.4, -0.2) is 19.6 Å². The van der Waals surface area contributed by atoms with Crippen LogP contribution < -0.4 is 0 Å². The smallest absolute Gasteiger partial charge is 0.0734 e. The maximum absolute atomic E-state index is 4.67. The minimum absolute atomic E-state index is 0.594. The Morgan fingerprint density at radius 2 is 1.75 bits per heavy atom. The van der Waals surface area contributed by atoms with E-state index in [9.17, 15) is 0 Å². The Balaban J connectivity index is 0.000000143. The molecule has 0 saturated heterocycles. The third kappa shape index (κ3) is 3.56. The standard InChI is InChI=1S/C14H18N2.C10H12N2/c1-9(2)11-6-7-13-12(8-11)14(10-4-5-10)15-16(13)3;1-3-8-4-5-10-9(6-8)7-11-12(10)2/h6-10H,4-5H2,1-3H3;4-7H,3H2,1-2H3. The normalized spacial score (nSPS) is 13.9. The van der Waals surface area contributed by atoms with Crippen molar-refractivity contribution >= 4 is 21.8 Å². The molecular weight excluding hydrogens is 344 g/mol. The number of aryl methyl sites for hydroxylation is 3. The summed E-state index contributed by atoms with van der Waals surface area (Å²) < 4.78 is 3.92. The van der Waals surface area contributed by atoms with E-state index in [-0.39, 0.29) is 0 Å². The van der Waals surface area contributed by atoms with E-state index in [1.807, 2.05) is 29.7 Å². The van der Waals surface area contributed by atoms with Gasteiger partial charge in [0.25, 0.3) is 0 Å². The summed E-state index contributed by atoms with van der Waals surface area (Å²) in [5, 5.41) is 11.5. The molecule has 0 spiro atoms. The first-order valence-corrected chi connectivity index (χ1v) is 10.3. The van der Waals surface area contributed by atoms with E-state index in [1.54, 1.807) is 0 Å². The van der Waals surface area contributed by atoms with Crippen LogP contribution in [0.25, 0.3) is 21.8 Å². The topological polar surface area (TPSA) is 35.6 Å². The second-order valence-corrected chi connectivity index (χ2v) is 8.23. The molecule has 0 radical (unpaired) electrons. The third-order valence-electron chi connectivity index (χ3n) is 5.75. The number of hydrogen-bond donors (Lipinski definition) is 0. The molecule has 2 aromatic heterocycles. The van der Waals surface area contributed by atoms with Gasteiger partial charge in [0.15, 0.2) is 0 Å². The lowest BCUT2D eigenvalue weighted by Crippen LogP contribution is -1.90. The van der Waals surface area contributed by atoms with Crippen molar-refractivity contribution in [3.63, 3.8) is 0 Å². The zero-order chi connectivity index (χ0) is 19.8. The molecule has 1 fully saturated rings. The zero-order valence-corrected chi connectivity index (χ0v) is 17.6. The monoisotopic (exact) mass is 374 g/mol. The molecule has 28 heavy (non-hydrogen) atoms. The van der Waals surface area contributed by atoms with Crippen LogP contribution in [0, 0.1) is 0 Å². The highest BCUT2D eigenvalue weighted by Gasteiger charge is 2.28. The van der Waals surface area contributed by atoms with Gasteiger partial charge >= 0.3 is 0 Å². The van der Waals surface area contributed by atoms with Crippen molar-refractivity contribution in [3.05, 3.63) is 59.4 Å². The predicted molar refractivity (Wildman–Crippen MR) is 117 cm³/mol. The van der Waals surface area contributed by atoms with Crippen molar-refractivity contribution in [2.75, 3.05) is 0 Å². The molecule has 2 aromatic carbocycles. The van der Waals surface area contributed by atoms with Gasteiger partial charge in [-0.2, -0.15) is 10.2 Å². The summed E-state index contributed by atoms with van der Waals surface area (Å²) in [6.45, 7) is 6.65. The fourth-order valence-electron chi connectivity index (χ4n) is 3.76. The van der Waals surface area contributed by atoms with Crippen molar-refractivity contribution in [2.24, 2.45) is 14.1 Å². The highest BCUT2D eigenvalue weighted by molar-refractivity contribution is 5.83. The first-order valence-electron chi connectivity index (χ1n) is 10.3. The van der Waals surface area contributed by atoms with Gasteiger partial charge in [-0.1, -0.05) is 32.9 Å². The molecule has 0 bridgehead atoms. The van der Waals surface area contributed by atoms with Gasteiger partial charge in [-0.05, 0) is 60.6 Å². The number of rotatable bonds is 3. The lowest BCUT2D eigenvalue weighted by atomic mass is 10.0. The summed E-state index contributed by atoms with van der Waals surface area (Å²) >= 11 is 0. The van der Waals surface area contributed by atoms with E-state index in [4.69, 9.17) is 0 Å². The number of aromatic nitrogens is 4. The number of nitrogens with zero attached hydrogens (tertiary/aromatic N) is 4. The Kier molecular flexibility index (Phi) is 4.96. The fraction of sp³-hybridized carbons (Fsp3) is 0.417.